The predicted molar refractivity (Wildman–Crippen MR) is 117 cm³/mol. The van der Waals surface area contributed by atoms with Gasteiger partial charge in [0.05, 0.1) is 29.6 Å². The van der Waals surface area contributed by atoms with Gasteiger partial charge in [-0.1, -0.05) is 13.0 Å². The van der Waals surface area contributed by atoms with Crippen LogP contribution < -0.4 is 15.4 Å². The average Bonchev–Trinajstić information content (AvgIpc) is 3.22. The minimum absolute atomic E-state index is 0.0550. The zero-order valence-corrected chi connectivity index (χ0v) is 18.2. The van der Waals surface area contributed by atoms with Gasteiger partial charge in [0.1, 0.15) is 18.1 Å². The summed E-state index contributed by atoms with van der Waals surface area (Å²) in [7, 11) is 3.25. The molecule has 0 aliphatic heterocycles. The quantitative estimate of drug-likeness (QED) is 0.496. The third-order valence-electron chi connectivity index (χ3n) is 5.25. The minimum atomic E-state index is -2.99. The highest BCUT2D eigenvalue weighted by Gasteiger charge is 2.61. The van der Waals surface area contributed by atoms with E-state index in [1.54, 1.807) is 43.2 Å². The number of halogens is 2. The first-order chi connectivity index (χ1) is 15.7. The summed E-state index contributed by atoms with van der Waals surface area (Å²) in [4.78, 5) is 32.9. The van der Waals surface area contributed by atoms with E-state index in [0.717, 1.165) is 0 Å². The van der Waals surface area contributed by atoms with Crippen LogP contribution in [0.4, 0.5) is 26.0 Å². The van der Waals surface area contributed by atoms with E-state index in [4.69, 9.17) is 4.74 Å². The number of hydrogen-bond donors (Lipinski definition) is 2. The topological polar surface area (TPSA) is 111 Å². The van der Waals surface area contributed by atoms with Crippen LogP contribution in [0.3, 0.4) is 0 Å². The Morgan fingerprint density at radius 3 is 2.64 bits per heavy atom. The van der Waals surface area contributed by atoms with E-state index in [1.807, 2.05) is 0 Å². The van der Waals surface area contributed by atoms with E-state index < -0.39 is 24.2 Å². The van der Waals surface area contributed by atoms with Gasteiger partial charge in [-0.25, -0.2) is 18.7 Å². The number of ether oxygens (including phenoxy) is 1. The van der Waals surface area contributed by atoms with E-state index in [-0.39, 0.29) is 23.6 Å². The molecule has 1 saturated carbocycles. The first-order valence-corrected chi connectivity index (χ1v) is 10.3. The molecule has 0 bridgehead atoms. The minimum Gasteiger partial charge on any atom is -0.494 e. The number of nitrogens with zero attached hydrogens (tertiary/aromatic N) is 4. The maximum Gasteiger partial charge on any atom is 0.260 e. The Hall–Kier alpha value is -3.89. The summed E-state index contributed by atoms with van der Waals surface area (Å²) in [6.45, 7) is 1.71. The number of amides is 1. The number of carbonyl (C=O) groups excluding carboxylic acids is 2. The molecule has 33 heavy (non-hydrogen) atoms. The molecule has 2 N–H and O–H groups in total. The van der Waals surface area contributed by atoms with Gasteiger partial charge in [0.25, 0.3) is 5.92 Å². The molecule has 2 heterocycles. The van der Waals surface area contributed by atoms with Crippen LogP contribution in [0, 0.1) is 5.92 Å². The van der Waals surface area contributed by atoms with Gasteiger partial charge in [-0.2, -0.15) is 5.10 Å². The van der Waals surface area contributed by atoms with Crippen molar-refractivity contribution in [2.75, 3.05) is 17.7 Å². The van der Waals surface area contributed by atoms with E-state index in [9.17, 15) is 18.4 Å². The van der Waals surface area contributed by atoms with Crippen LogP contribution in [0.1, 0.15) is 30.1 Å². The summed E-state index contributed by atoms with van der Waals surface area (Å²) in [5.41, 5.74) is 1.78. The molecule has 3 aromatic rings. The molecule has 1 aromatic carbocycles. The summed E-state index contributed by atoms with van der Waals surface area (Å²) in [6.07, 6.45) is 2.62. The Bertz CT molecular complexity index is 1230. The van der Waals surface area contributed by atoms with E-state index in [0.29, 0.717) is 28.5 Å². The van der Waals surface area contributed by atoms with Crippen molar-refractivity contribution in [3.05, 3.63) is 42.4 Å². The number of ketones is 1. The number of benzene rings is 1. The van der Waals surface area contributed by atoms with Crippen molar-refractivity contribution in [2.45, 2.75) is 25.7 Å². The van der Waals surface area contributed by atoms with Crippen molar-refractivity contribution in [2.24, 2.45) is 13.0 Å². The van der Waals surface area contributed by atoms with Gasteiger partial charge in [-0.3, -0.25) is 14.3 Å². The number of nitrogens with one attached hydrogen (secondary N) is 2. The molecule has 1 unspecified atom stereocenters. The smallest absolute Gasteiger partial charge is 0.260 e. The molecule has 1 amide bonds. The molecule has 2 aromatic heterocycles. The Balaban J connectivity index is 1.69. The molecular formula is C22H22F2N6O3. The fourth-order valence-corrected chi connectivity index (χ4v) is 3.39. The largest absolute Gasteiger partial charge is 0.494 e. The molecule has 1 atom stereocenters. The van der Waals surface area contributed by atoms with Crippen molar-refractivity contribution in [3.8, 4) is 17.1 Å². The molecule has 11 heteroatoms. The van der Waals surface area contributed by atoms with Crippen LogP contribution in [0.2, 0.25) is 0 Å². The first-order valence-electron chi connectivity index (χ1n) is 10.3. The number of rotatable bonds is 8. The third-order valence-corrected chi connectivity index (χ3v) is 5.25. The second kappa shape index (κ2) is 8.57. The lowest BCUT2D eigenvalue weighted by Crippen LogP contribution is -2.18. The number of anilines is 3. The molecule has 4 rings (SSSR count). The maximum absolute atomic E-state index is 13.2. The lowest BCUT2D eigenvalue weighted by Gasteiger charge is -2.16. The van der Waals surface area contributed by atoms with Gasteiger partial charge in [-0.15, -0.1) is 0 Å². The number of aromatic nitrogens is 4. The first kappa shape index (κ1) is 22.3. The number of para-hydroxylation sites is 1. The Morgan fingerprint density at radius 2 is 2.03 bits per heavy atom. The van der Waals surface area contributed by atoms with Crippen LogP contribution in [0.15, 0.2) is 36.8 Å². The van der Waals surface area contributed by atoms with Gasteiger partial charge in [0.2, 0.25) is 5.91 Å². The van der Waals surface area contributed by atoms with Crippen molar-refractivity contribution >= 4 is 28.9 Å². The van der Waals surface area contributed by atoms with Crippen molar-refractivity contribution < 1.29 is 23.1 Å². The van der Waals surface area contributed by atoms with Gasteiger partial charge in [-0.05, 0) is 12.1 Å². The van der Waals surface area contributed by atoms with Crippen molar-refractivity contribution in [1.29, 1.82) is 0 Å². The van der Waals surface area contributed by atoms with Crippen molar-refractivity contribution in [3.63, 3.8) is 0 Å². The van der Waals surface area contributed by atoms with Crippen LogP contribution in [-0.2, 0) is 11.8 Å². The molecule has 1 fully saturated rings. The Labute approximate surface area is 188 Å². The lowest BCUT2D eigenvalue weighted by molar-refractivity contribution is -0.119. The fourth-order valence-electron chi connectivity index (χ4n) is 3.39. The normalized spacial score (nSPS) is 16.2. The number of carbonyl (C=O) groups is 2. The summed E-state index contributed by atoms with van der Waals surface area (Å²) in [5, 5.41) is 9.86. The average molecular weight is 456 g/mol. The standard InChI is InChI=1S/C22H22F2N6O3/c1-4-17(31)13-10-25-18(28-21(32)14-9-22(14,23)24)8-16(13)27-15-7-5-6-12(19(15)33-3)20-26-11-30(2)29-20/h5-8,10-11,14H,4,9H2,1-3H3,(H2,25,27,28,32). The summed E-state index contributed by atoms with van der Waals surface area (Å²) in [5.74, 6) is -4.40. The van der Waals surface area contributed by atoms with Gasteiger partial charge in [0, 0.05) is 32.2 Å². The number of alkyl halides is 2. The van der Waals surface area contributed by atoms with Crippen LogP contribution in [-0.4, -0.2) is 44.5 Å². The zero-order chi connectivity index (χ0) is 23.8. The summed E-state index contributed by atoms with van der Waals surface area (Å²) < 4.78 is 33.6. The van der Waals surface area contributed by atoms with E-state index in [1.165, 1.54) is 19.4 Å². The van der Waals surface area contributed by atoms with Crippen molar-refractivity contribution in [1.82, 2.24) is 19.7 Å². The fraction of sp³-hybridized carbons (Fsp3) is 0.318. The van der Waals surface area contributed by atoms with E-state index >= 15 is 0 Å². The summed E-state index contributed by atoms with van der Waals surface area (Å²) >= 11 is 0. The maximum atomic E-state index is 13.2. The van der Waals surface area contributed by atoms with Gasteiger partial charge >= 0.3 is 0 Å². The SMILES string of the molecule is CCC(=O)c1cnc(NC(=O)C2CC2(F)F)cc1Nc1cccc(-c2ncn(C)n2)c1OC. The zero-order valence-electron chi connectivity index (χ0n) is 18.2. The Morgan fingerprint density at radius 1 is 1.27 bits per heavy atom. The third kappa shape index (κ3) is 4.52. The molecule has 0 saturated heterocycles. The van der Waals surface area contributed by atoms with Gasteiger partial charge in [0.15, 0.2) is 17.4 Å². The Kier molecular flexibility index (Phi) is 5.79. The van der Waals surface area contributed by atoms with Gasteiger partial charge < -0.3 is 15.4 Å². The molecule has 1 aliphatic rings. The number of methoxy groups -OCH3 is 1. The second-order valence-corrected chi connectivity index (χ2v) is 7.65. The molecule has 0 spiro atoms. The van der Waals surface area contributed by atoms with E-state index in [2.05, 4.69) is 25.7 Å². The monoisotopic (exact) mass is 456 g/mol. The number of Topliss-reactive ketones (excluding diaryl/α,β-unsaturated/α-hetero) is 1. The molecular weight excluding hydrogens is 434 g/mol. The van der Waals surface area contributed by atoms with Crippen LogP contribution in [0.5, 0.6) is 5.75 Å². The molecule has 172 valence electrons. The molecule has 1 aliphatic carbocycles. The number of aryl methyl sites for hydroxylation is 1. The predicted octanol–water partition coefficient (Wildman–Crippen LogP) is 3.82. The number of hydrogen-bond acceptors (Lipinski definition) is 7. The van der Waals surface area contributed by atoms with Crippen LogP contribution >= 0.6 is 0 Å². The highest BCUT2D eigenvalue weighted by Crippen LogP contribution is 2.49. The second-order valence-electron chi connectivity index (χ2n) is 7.65. The lowest BCUT2D eigenvalue weighted by atomic mass is 10.1. The van der Waals surface area contributed by atoms with Crippen LogP contribution in [0.25, 0.3) is 11.4 Å². The number of pyridine rings is 1. The molecule has 9 nitrogen and oxygen atoms in total. The highest BCUT2D eigenvalue weighted by molar-refractivity contribution is 6.03. The highest BCUT2D eigenvalue weighted by atomic mass is 19.3. The molecule has 0 radical (unpaired) electrons. The summed E-state index contributed by atoms with van der Waals surface area (Å²) in [6, 6.07) is 6.75.